The highest BCUT2D eigenvalue weighted by Gasteiger charge is 2.48. The van der Waals surface area contributed by atoms with Gasteiger partial charge in [-0.2, -0.15) is 0 Å². The third kappa shape index (κ3) is 1.86. The smallest absolute Gasteiger partial charge is 0.237 e. The lowest BCUT2D eigenvalue weighted by Gasteiger charge is -2.30. The molecule has 0 radical (unpaired) electrons. The van der Waals surface area contributed by atoms with Crippen molar-refractivity contribution >= 4 is 17.4 Å². The maximum Gasteiger partial charge on any atom is 0.237 e. The van der Waals surface area contributed by atoms with Gasteiger partial charge in [0, 0.05) is 25.1 Å². The summed E-state index contributed by atoms with van der Waals surface area (Å²) in [7, 11) is 1.80. The Morgan fingerprint density at radius 1 is 1.35 bits per heavy atom. The van der Waals surface area contributed by atoms with Crippen LogP contribution in [0.15, 0.2) is 24.3 Å². The van der Waals surface area contributed by atoms with Crippen LogP contribution in [0.25, 0.3) is 0 Å². The van der Waals surface area contributed by atoms with E-state index in [2.05, 4.69) is 0 Å². The number of hydrogen-bond acceptors (Lipinski definition) is 3. The van der Waals surface area contributed by atoms with E-state index in [1.807, 2.05) is 31.2 Å². The van der Waals surface area contributed by atoms with Gasteiger partial charge in [-0.05, 0) is 25.0 Å². The van der Waals surface area contributed by atoms with Gasteiger partial charge in [0.15, 0.2) is 0 Å². The number of para-hydroxylation sites is 1. The van der Waals surface area contributed by atoms with Crippen LogP contribution in [0.3, 0.4) is 0 Å². The number of Topliss-reactive ketones (excluding diaryl/α,β-unsaturated/α-hetero) is 1. The Labute approximate surface area is 118 Å². The number of amides is 1. The first-order valence-corrected chi connectivity index (χ1v) is 7.02. The fraction of sp³-hybridized carbons (Fsp3) is 0.500. The van der Waals surface area contributed by atoms with Crippen molar-refractivity contribution in [1.82, 2.24) is 0 Å². The molecule has 2 atom stereocenters. The minimum absolute atomic E-state index is 0.0667. The van der Waals surface area contributed by atoms with Crippen LogP contribution in [0.4, 0.5) is 5.69 Å². The van der Waals surface area contributed by atoms with Gasteiger partial charge in [0.2, 0.25) is 5.91 Å². The molecule has 3 rings (SSSR count). The molecule has 2 aliphatic rings. The van der Waals surface area contributed by atoms with Crippen molar-refractivity contribution in [1.29, 1.82) is 0 Å². The molecular weight excluding hydrogens is 254 g/mol. The van der Waals surface area contributed by atoms with E-state index >= 15 is 0 Å². The lowest BCUT2D eigenvalue weighted by Crippen LogP contribution is -2.41. The van der Waals surface area contributed by atoms with Crippen LogP contribution in [0.5, 0.6) is 0 Å². The second-order valence-corrected chi connectivity index (χ2v) is 5.91. The summed E-state index contributed by atoms with van der Waals surface area (Å²) in [5, 5.41) is 0. The number of likely N-dealkylation sites (N-methyl/N-ethyl adjacent to an activating group) is 1. The summed E-state index contributed by atoms with van der Waals surface area (Å²) in [5.41, 5.74) is 1.35. The van der Waals surface area contributed by atoms with E-state index in [-0.39, 0.29) is 17.6 Å². The van der Waals surface area contributed by atoms with Gasteiger partial charge >= 0.3 is 0 Å². The normalized spacial score (nSPS) is 29.7. The predicted octanol–water partition coefficient (Wildman–Crippen LogP) is 1.92. The lowest BCUT2D eigenvalue weighted by molar-refractivity contribution is -0.132. The summed E-state index contributed by atoms with van der Waals surface area (Å²) >= 11 is 0. The summed E-state index contributed by atoms with van der Waals surface area (Å²) in [6.07, 6.45) is 0.998. The Morgan fingerprint density at radius 2 is 2.10 bits per heavy atom. The maximum absolute atomic E-state index is 12.6. The molecule has 1 saturated heterocycles. The van der Waals surface area contributed by atoms with Gasteiger partial charge in [-0.1, -0.05) is 18.2 Å². The first-order chi connectivity index (χ1) is 9.54. The fourth-order valence-electron chi connectivity index (χ4n) is 3.39. The van der Waals surface area contributed by atoms with E-state index < -0.39 is 5.41 Å². The molecule has 0 N–H and O–H groups in total. The second-order valence-electron chi connectivity index (χ2n) is 5.91. The fourth-order valence-corrected chi connectivity index (χ4v) is 3.39. The molecule has 0 spiro atoms. The van der Waals surface area contributed by atoms with Crippen molar-refractivity contribution < 1.29 is 14.3 Å². The number of ether oxygens (including phenoxy) is 1. The van der Waals surface area contributed by atoms with Crippen LogP contribution in [0.2, 0.25) is 0 Å². The number of fused-ring (bicyclic) bond motifs is 1. The molecule has 0 aromatic heterocycles. The molecule has 2 heterocycles. The lowest BCUT2D eigenvalue weighted by atomic mass is 9.74. The van der Waals surface area contributed by atoms with E-state index in [1.54, 1.807) is 11.9 Å². The molecule has 4 heteroatoms. The van der Waals surface area contributed by atoms with Crippen molar-refractivity contribution in [3.05, 3.63) is 29.8 Å². The Morgan fingerprint density at radius 3 is 2.85 bits per heavy atom. The Bertz CT molecular complexity index is 569. The SMILES string of the molecule is CN1C(=O)C(C)(CC2COCCC2=O)c2ccccc21. The Hall–Kier alpha value is -1.68. The Balaban J connectivity index is 1.95. The highest BCUT2D eigenvalue weighted by Crippen LogP contribution is 2.44. The number of benzene rings is 1. The van der Waals surface area contributed by atoms with Gasteiger partial charge in [-0.25, -0.2) is 0 Å². The van der Waals surface area contributed by atoms with E-state index in [0.29, 0.717) is 26.1 Å². The molecule has 4 nitrogen and oxygen atoms in total. The topological polar surface area (TPSA) is 46.6 Å². The van der Waals surface area contributed by atoms with Crippen LogP contribution in [-0.4, -0.2) is 32.0 Å². The third-order valence-corrected chi connectivity index (χ3v) is 4.56. The largest absolute Gasteiger partial charge is 0.380 e. The number of carbonyl (C=O) groups excluding carboxylic acids is 2. The standard InChI is InChI=1S/C16H19NO3/c1-16(9-11-10-20-8-7-14(11)18)12-5-3-4-6-13(12)17(2)15(16)19/h3-6,11H,7-10H2,1-2H3. The van der Waals surface area contributed by atoms with Gasteiger partial charge in [0.05, 0.1) is 18.6 Å². The van der Waals surface area contributed by atoms with Gasteiger partial charge in [-0.3, -0.25) is 9.59 Å². The number of hydrogen-bond donors (Lipinski definition) is 0. The summed E-state index contributed by atoms with van der Waals surface area (Å²) in [4.78, 5) is 26.4. The van der Waals surface area contributed by atoms with E-state index in [4.69, 9.17) is 4.74 Å². The molecule has 106 valence electrons. The quantitative estimate of drug-likeness (QED) is 0.827. The van der Waals surface area contributed by atoms with Crippen LogP contribution in [0.1, 0.15) is 25.3 Å². The third-order valence-electron chi connectivity index (χ3n) is 4.56. The van der Waals surface area contributed by atoms with Gasteiger partial charge in [0.25, 0.3) is 0 Å². The van der Waals surface area contributed by atoms with Crippen molar-refractivity contribution in [3.63, 3.8) is 0 Å². The molecule has 2 aliphatic heterocycles. The summed E-state index contributed by atoms with van der Waals surface area (Å²) in [6, 6.07) is 7.83. The number of nitrogens with zero attached hydrogens (tertiary/aromatic N) is 1. The zero-order valence-electron chi connectivity index (χ0n) is 11.9. The molecule has 1 aromatic carbocycles. The van der Waals surface area contributed by atoms with Crippen LogP contribution in [-0.2, 0) is 19.7 Å². The van der Waals surface area contributed by atoms with Gasteiger partial charge in [0.1, 0.15) is 5.78 Å². The molecular formula is C16H19NO3. The van der Waals surface area contributed by atoms with E-state index in [0.717, 1.165) is 11.3 Å². The van der Waals surface area contributed by atoms with Crippen LogP contribution >= 0.6 is 0 Å². The molecule has 2 unspecified atom stereocenters. The molecule has 20 heavy (non-hydrogen) atoms. The molecule has 0 bridgehead atoms. The second kappa shape index (κ2) is 4.70. The first kappa shape index (κ1) is 13.3. The number of carbonyl (C=O) groups is 2. The molecule has 1 fully saturated rings. The number of anilines is 1. The van der Waals surface area contributed by atoms with Crippen LogP contribution in [0, 0.1) is 5.92 Å². The number of rotatable bonds is 2. The molecule has 1 aromatic rings. The van der Waals surface area contributed by atoms with E-state index in [9.17, 15) is 9.59 Å². The van der Waals surface area contributed by atoms with Crippen molar-refractivity contribution in [2.75, 3.05) is 25.2 Å². The first-order valence-electron chi connectivity index (χ1n) is 7.02. The molecule has 0 aliphatic carbocycles. The summed E-state index contributed by atoms with van der Waals surface area (Å²) in [5.74, 6) is 0.117. The number of ketones is 1. The zero-order valence-corrected chi connectivity index (χ0v) is 11.9. The zero-order chi connectivity index (χ0) is 14.3. The molecule has 1 amide bonds. The minimum atomic E-state index is -0.619. The van der Waals surface area contributed by atoms with Crippen molar-refractivity contribution in [2.45, 2.75) is 25.2 Å². The van der Waals surface area contributed by atoms with E-state index in [1.165, 1.54) is 0 Å². The highest BCUT2D eigenvalue weighted by molar-refractivity contribution is 6.07. The van der Waals surface area contributed by atoms with Gasteiger partial charge in [-0.15, -0.1) is 0 Å². The minimum Gasteiger partial charge on any atom is -0.380 e. The summed E-state index contributed by atoms with van der Waals surface area (Å²) in [6.45, 7) is 2.89. The van der Waals surface area contributed by atoms with Gasteiger partial charge < -0.3 is 9.64 Å². The highest BCUT2D eigenvalue weighted by atomic mass is 16.5. The summed E-state index contributed by atoms with van der Waals surface area (Å²) < 4.78 is 5.41. The average molecular weight is 273 g/mol. The van der Waals surface area contributed by atoms with Crippen molar-refractivity contribution in [3.8, 4) is 0 Å². The maximum atomic E-state index is 12.6. The predicted molar refractivity (Wildman–Crippen MR) is 75.8 cm³/mol. The van der Waals surface area contributed by atoms with Crippen LogP contribution < -0.4 is 4.90 Å². The van der Waals surface area contributed by atoms with Crippen molar-refractivity contribution in [2.24, 2.45) is 5.92 Å². The monoisotopic (exact) mass is 273 g/mol. The Kier molecular flexibility index (Phi) is 3.13. The average Bonchev–Trinajstić information content (AvgIpc) is 2.65. The molecule has 0 saturated carbocycles.